The first-order valence-corrected chi connectivity index (χ1v) is 7.46. The molecule has 0 heterocycles. The van der Waals surface area contributed by atoms with Gasteiger partial charge < -0.3 is 5.32 Å². The molecule has 0 spiro atoms. The van der Waals surface area contributed by atoms with Gasteiger partial charge in [0.05, 0.1) is 0 Å². The quantitative estimate of drug-likeness (QED) is 0.808. The van der Waals surface area contributed by atoms with Crippen LogP contribution >= 0.6 is 23.2 Å². The van der Waals surface area contributed by atoms with Crippen LogP contribution in [0.15, 0.2) is 18.2 Å². The number of nitrogens with one attached hydrogen (secondary N) is 1. The van der Waals surface area contributed by atoms with Crippen LogP contribution in [0, 0.1) is 11.3 Å². The Morgan fingerprint density at radius 1 is 1.28 bits per heavy atom. The van der Waals surface area contributed by atoms with Crippen molar-refractivity contribution in [1.29, 1.82) is 0 Å². The van der Waals surface area contributed by atoms with Crippen molar-refractivity contribution < 1.29 is 0 Å². The van der Waals surface area contributed by atoms with Crippen molar-refractivity contribution in [3.63, 3.8) is 0 Å². The zero-order valence-corrected chi connectivity index (χ0v) is 12.6. The molecule has 0 amide bonds. The second-order valence-corrected chi connectivity index (χ2v) is 6.40. The number of hydrogen-bond donors (Lipinski definition) is 1. The van der Waals surface area contributed by atoms with Crippen LogP contribution in [0.4, 0.5) is 0 Å². The van der Waals surface area contributed by atoms with E-state index in [1.807, 2.05) is 18.2 Å². The van der Waals surface area contributed by atoms with Gasteiger partial charge in [0.1, 0.15) is 0 Å². The predicted octanol–water partition coefficient (Wildman–Crippen LogP) is 4.56. The third-order valence-electron chi connectivity index (χ3n) is 3.98. The number of halogens is 2. The van der Waals surface area contributed by atoms with Gasteiger partial charge in [0, 0.05) is 16.6 Å². The molecule has 1 unspecified atom stereocenters. The van der Waals surface area contributed by atoms with E-state index in [0.717, 1.165) is 41.0 Å². The molecule has 1 N–H and O–H groups in total. The van der Waals surface area contributed by atoms with Crippen molar-refractivity contribution in [2.45, 2.75) is 33.1 Å². The Balaban J connectivity index is 2.18. The highest BCUT2D eigenvalue weighted by molar-refractivity contribution is 6.36. The van der Waals surface area contributed by atoms with E-state index >= 15 is 0 Å². The van der Waals surface area contributed by atoms with Crippen molar-refractivity contribution in [2.75, 3.05) is 13.1 Å². The predicted molar refractivity (Wildman–Crippen MR) is 79.5 cm³/mol. The summed E-state index contributed by atoms with van der Waals surface area (Å²) in [6.45, 7) is 6.55. The second kappa shape index (κ2) is 5.81. The lowest BCUT2D eigenvalue weighted by Crippen LogP contribution is -2.35. The van der Waals surface area contributed by atoms with Crippen molar-refractivity contribution in [3.05, 3.63) is 33.8 Å². The molecule has 0 bridgehead atoms. The molecular weight excluding hydrogens is 265 g/mol. The zero-order valence-electron chi connectivity index (χ0n) is 11.1. The molecule has 18 heavy (non-hydrogen) atoms. The highest BCUT2D eigenvalue weighted by atomic mass is 35.5. The number of hydrogen-bond acceptors (Lipinski definition) is 1. The average Bonchev–Trinajstić information content (AvgIpc) is 3.16. The van der Waals surface area contributed by atoms with Gasteiger partial charge in [-0.05, 0) is 54.8 Å². The molecular formula is C15H21Cl2N. The molecule has 0 aliphatic heterocycles. The highest BCUT2D eigenvalue weighted by Crippen LogP contribution is 2.48. The molecule has 1 fully saturated rings. The van der Waals surface area contributed by atoms with Gasteiger partial charge in [0.15, 0.2) is 0 Å². The van der Waals surface area contributed by atoms with Crippen molar-refractivity contribution in [2.24, 2.45) is 11.3 Å². The van der Waals surface area contributed by atoms with Gasteiger partial charge in [0.25, 0.3) is 0 Å². The van der Waals surface area contributed by atoms with Crippen LogP contribution in [-0.2, 0) is 6.42 Å². The highest BCUT2D eigenvalue weighted by Gasteiger charge is 2.41. The lowest BCUT2D eigenvalue weighted by Gasteiger charge is -2.31. The lowest BCUT2D eigenvalue weighted by atomic mass is 9.78. The largest absolute Gasteiger partial charge is 0.316 e. The maximum absolute atomic E-state index is 6.29. The fraction of sp³-hybridized carbons (Fsp3) is 0.600. The molecule has 0 radical (unpaired) electrons. The first-order chi connectivity index (χ1) is 8.57. The monoisotopic (exact) mass is 285 g/mol. The molecule has 1 aliphatic carbocycles. The van der Waals surface area contributed by atoms with Crippen LogP contribution < -0.4 is 5.32 Å². The van der Waals surface area contributed by atoms with E-state index in [1.54, 1.807) is 0 Å². The van der Waals surface area contributed by atoms with E-state index in [0.29, 0.717) is 0 Å². The van der Waals surface area contributed by atoms with Crippen molar-refractivity contribution in [3.8, 4) is 0 Å². The maximum atomic E-state index is 6.29. The Bertz CT molecular complexity index is 395. The van der Waals surface area contributed by atoms with Crippen molar-refractivity contribution in [1.82, 2.24) is 5.32 Å². The topological polar surface area (TPSA) is 12.0 Å². The molecule has 1 aliphatic rings. The molecule has 0 aromatic heterocycles. The van der Waals surface area contributed by atoms with E-state index in [2.05, 4.69) is 19.2 Å². The van der Waals surface area contributed by atoms with E-state index in [1.165, 1.54) is 12.8 Å². The van der Waals surface area contributed by atoms with E-state index in [-0.39, 0.29) is 5.41 Å². The zero-order chi connectivity index (χ0) is 13.2. The Morgan fingerprint density at radius 2 is 1.89 bits per heavy atom. The standard InChI is InChI=1S/C15H21Cl2N/c1-3-18-10-15(2,11-7-8-11)9-12-13(16)5-4-6-14(12)17/h4-6,11,18H,3,7-10H2,1-2H3. The summed E-state index contributed by atoms with van der Waals surface area (Å²) in [5.41, 5.74) is 1.37. The second-order valence-electron chi connectivity index (χ2n) is 5.59. The molecule has 100 valence electrons. The third kappa shape index (κ3) is 3.20. The van der Waals surface area contributed by atoms with E-state index in [9.17, 15) is 0 Å². The number of rotatable bonds is 6. The van der Waals surface area contributed by atoms with Crippen LogP contribution in [0.1, 0.15) is 32.3 Å². The fourth-order valence-electron chi connectivity index (χ4n) is 2.65. The lowest BCUT2D eigenvalue weighted by molar-refractivity contribution is 0.258. The van der Waals surface area contributed by atoms with Gasteiger partial charge in [-0.2, -0.15) is 0 Å². The van der Waals surface area contributed by atoms with Gasteiger partial charge >= 0.3 is 0 Å². The minimum atomic E-state index is 0.268. The molecule has 1 nitrogen and oxygen atoms in total. The summed E-state index contributed by atoms with van der Waals surface area (Å²) in [6, 6.07) is 5.78. The maximum Gasteiger partial charge on any atom is 0.0453 e. The molecule has 1 atom stereocenters. The summed E-state index contributed by atoms with van der Waals surface area (Å²) >= 11 is 12.6. The van der Waals surface area contributed by atoms with Crippen molar-refractivity contribution >= 4 is 23.2 Å². The Kier molecular flexibility index (Phi) is 4.58. The first kappa shape index (κ1) is 14.2. The Hall–Kier alpha value is -0.240. The summed E-state index contributed by atoms with van der Waals surface area (Å²) in [5.74, 6) is 0.809. The first-order valence-electron chi connectivity index (χ1n) is 6.70. The fourth-order valence-corrected chi connectivity index (χ4v) is 3.18. The van der Waals surface area contributed by atoms with Gasteiger partial charge in [0.2, 0.25) is 0 Å². The van der Waals surface area contributed by atoms with Crippen LogP contribution in [0.3, 0.4) is 0 Å². The molecule has 1 aromatic rings. The average molecular weight is 286 g/mol. The summed E-state index contributed by atoms with van der Waals surface area (Å²) in [5, 5.41) is 5.08. The summed E-state index contributed by atoms with van der Waals surface area (Å²) < 4.78 is 0. The minimum absolute atomic E-state index is 0.268. The van der Waals surface area contributed by atoms with Gasteiger partial charge in [-0.25, -0.2) is 0 Å². The van der Waals surface area contributed by atoms with Crippen LogP contribution in [0.5, 0.6) is 0 Å². The molecule has 1 aromatic carbocycles. The normalized spacial score (nSPS) is 18.7. The smallest absolute Gasteiger partial charge is 0.0453 e. The SMILES string of the molecule is CCNCC(C)(Cc1c(Cl)cccc1Cl)C1CC1. The van der Waals surface area contributed by atoms with Crippen LogP contribution in [0.2, 0.25) is 10.0 Å². The van der Waals surface area contributed by atoms with E-state index in [4.69, 9.17) is 23.2 Å². The summed E-state index contributed by atoms with van der Waals surface area (Å²) in [6.07, 6.45) is 3.64. The van der Waals surface area contributed by atoms with Crippen LogP contribution in [0.25, 0.3) is 0 Å². The Labute approximate surface area is 120 Å². The van der Waals surface area contributed by atoms with Gasteiger partial charge in [-0.3, -0.25) is 0 Å². The summed E-state index contributed by atoms with van der Waals surface area (Å²) in [4.78, 5) is 0. The summed E-state index contributed by atoms with van der Waals surface area (Å²) in [7, 11) is 0. The molecule has 0 saturated heterocycles. The molecule has 2 rings (SSSR count). The van der Waals surface area contributed by atoms with Gasteiger partial charge in [-0.1, -0.05) is 43.1 Å². The molecule has 1 saturated carbocycles. The minimum Gasteiger partial charge on any atom is -0.316 e. The number of benzene rings is 1. The third-order valence-corrected chi connectivity index (χ3v) is 4.69. The van der Waals surface area contributed by atoms with Gasteiger partial charge in [-0.15, -0.1) is 0 Å². The van der Waals surface area contributed by atoms with E-state index < -0.39 is 0 Å². The Morgan fingerprint density at radius 3 is 2.39 bits per heavy atom. The van der Waals surface area contributed by atoms with Crippen LogP contribution in [-0.4, -0.2) is 13.1 Å². The molecule has 3 heteroatoms.